The first-order chi connectivity index (χ1) is 11.8. The molecule has 1 rings (SSSR count). The molecule has 0 aromatic carbocycles. The highest BCUT2D eigenvalue weighted by Crippen LogP contribution is 2.11. The maximum absolute atomic E-state index is 12.1. The largest absolute Gasteiger partial charge is 0.395 e. The lowest BCUT2D eigenvalue weighted by Gasteiger charge is -2.33. The lowest BCUT2D eigenvalue weighted by atomic mass is 10.0. The number of Topliss-reactive ketones (excluding diaryl/α,β-unsaturated/α-hetero) is 1. The van der Waals surface area contributed by atoms with Crippen LogP contribution in [-0.2, 0) is 4.79 Å². The van der Waals surface area contributed by atoms with Crippen molar-refractivity contribution >= 4 is 5.78 Å². The van der Waals surface area contributed by atoms with E-state index in [4.69, 9.17) is 5.11 Å². The standard InChI is InChI=1S/C20H40N2O2/c1-2-3-4-5-6-7-8-9-10-11-12-20(24)19-22-15-13-21(14-16-22)17-18-23/h23H,2-19H2,1H3. The number of ketones is 1. The van der Waals surface area contributed by atoms with Crippen molar-refractivity contribution in [1.29, 1.82) is 0 Å². The van der Waals surface area contributed by atoms with Crippen LogP contribution in [0.1, 0.15) is 77.6 Å². The van der Waals surface area contributed by atoms with Gasteiger partial charge in [-0.2, -0.15) is 0 Å². The van der Waals surface area contributed by atoms with Gasteiger partial charge >= 0.3 is 0 Å². The molecule has 0 unspecified atom stereocenters. The van der Waals surface area contributed by atoms with Crippen LogP contribution >= 0.6 is 0 Å². The van der Waals surface area contributed by atoms with E-state index in [2.05, 4.69) is 16.7 Å². The Kier molecular flexibility index (Phi) is 13.4. The molecule has 0 radical (unpaired) electrons. The summed E-state index contributed by atoms with van der Waals surface area (Å²) in [7, 11) is 0. The van der Waals surface area contributed by atoms with Gasteiger partial charge in [0.05, 0.1) is 13.2 Å². The minimum atomic E-state index is 0.234. The van der Waals surface area contributed by atoms with E-state index < -0.39 is 0 Å². The van der Waals surface area contributed by atoms with Crippen LogP contribution in [0.2, 0.25) is 0 Å². The van der Waals surface area contributed by atoms with Gasteiger partial charge in [-0.25, -0.2) is 0 Å². The number of aliphatic hydroxyl groups is 1. The van der Waals surface area contributed by atoms with Crippen LogP contribution in [0.5, 0.6) is 0 Å². The van der Waals surface area contributed by atoms with Crippen LogP contribution in [0.3, 0.4) is 0 Å². The first-order valence-corrected chi connectivity index (χ1v) is 10.3. The molecule has 1 saturated heterocycles. The molecule has 0 saturated carbocycles. The molecule has 24 heavy (non-hydrogen) atoms. The molecule has 1 aliphatic heterocycles. The van der Waals surface area contributed by atoms with Crippen LogP contribution in [0.15, 0.2) is 0 Å². The zero-order chi connectivity index (χ0) is 17.5. The number of carbonyl (C=O) groups excluding carboxylic acids is 1. The molecule has 0 aromatic rings. The molecule has 1 N–H and O–H groups in total. The van der Waals surface area contributed by atoms with Crippen LogP contribution in [-0.4, -0.2) is 66.6 Å². The van der Waals surface area contributed by atoms with E-state index in [0.717, 1.165) is 45.6 Å². The second kappa shape index (κ2) is 14.9. The smallest absolute Gasteiger partial charge is 0.146 e. The van der Waals surface area contributed by atoms with Crippen LogP contribution in [0.25, 0.3) is 0 Å². The van der Waals surface area contributed by atoms with E-state index in [1.54, 1.807) is 0 Å². The average molecular weight is 341 g/mol. The van der Waals surface area contributed by atoms with E-state index in [1.807, 2.05) is 0 Å². The summed E-state index contributed by atoms with van der Waals surface area (Å²) in [6.07, 6.45) is 13.9. The van der Waals surface area contributed by atoms with Gasteiger partial charge in [-0.1, -0.05) is 64.7 Å². The summed E-state index contributed by atoms with van der Waals surface area (Å²) < 4.78 is 0. The van der Waals surface area contributed by atoms with Gasteiger partial charge in [-0.05, 0) is 6.42 Å². The minimum Gasteiger partial charge on any atom is -0.395 e. The Morgan fingerprint density at radius 3 is 1.83 bits per heavy atom. The molecule has 0 spiro atoms. The number of hydrogen-bond donors (Lipinski definition) is 1. The van der Waals surface area contributed by atoms with Crippen molar-refractivity contribution in [2.45, 2.75) is 77.6 Å². The molecule has 1 heterocycles. The van der Waals surface area contributed by atoms with E-state index in [0.29, 0.717) is 12.3 Å². The fraction of sp³-hybridized carbons (Fsp3) is 0.950. The summed E-state index contributed by atoms with van der Waals surface area (Å²) in [5.74, 6) is 0.408. The summed E-state index contributed by atoms with van der Waals surface area (Å²) in [6.45, 7) is 7.77. The average Bonchev–Trinajstić information content (AvgIpc) is 2.58. The Hall–Kier alpha value is -0.450. The van der Waals surface area contributed by atoms with Gasteiger partial charge < -0.3 is 5.11 Å². The SMILES string of the molecule is CCCCCCCCCCCCC(=O)CN1CCN(CCO)CC1. The summed E-state index contributed by atoms with van der Waals surface area (Å²) in [6, 6.07) is 0. The molecule has 0 aromatic heterocycles. The maximum Gasteiger partial charge on any atom is 0.146 e. The monoisotopic (exact) mass is 340 g/mol. The molecule has 142 valence electrons. The summed E-state index contributed by atoms with van der Waals surface area (Å²) in [5.41, 5.74) is 0. The highest BCUT2D eigenvalue weighted by molar-refractivity contribution is 5.80. The maximum atomic E-state index is 12.1. The number of rotatable bonds is 15. The van der Waals surface area contributed by atoms with Crippen molar-refractivity contribution in [1.82, 2.24) is 9.80 Å². The predicted octanol–water partition coefficient (Wildman–Crippen LogP) is 3.48. The Morgan fingerprint density at radius 1 is 0.792 bits per heavy atom. The second-order valence-electron chi connectivity index (χ2n) is 7.31. The van der Waals surface area contributed by atoms with Crippen LogP contribution in [0, 0.1) is 0 Å². The van der Waals surface area contributed by atoms with Crippen molar-refractivity contribution in [3.8, 4) is 0 Å². The quantitative estimate of drug-likeness (QED) is 0.464. The van der Waals surface area contributed by atoms with E-state index in [1.165, 1.54) is 57.8 Å². The van der Waals surface area contributed by atoms with Gasteiger partial charge in [0.2, 0.25) is 0 Å². The molecule has 0 amide bonds. The molecule has 0 bridgehead atoms. The van der Waals surface area contributed by atoms with Crippen molar-refractivity contribution in [2.75, 3.05) is 45.9 Å². The van der Waals surface area contributed by atoms with Crippen molar-refractivity contribution in [3.63, 3.8) is 0 Å². The summed E-state index contributed by atoms with van der Waals surface area (Å²) in [4.78, 5) is 16.6. The Morgan fingerprint density at radius 2 is 1.29 bits per heavy atom. The highest BCUT2D eigenvalue weighted by atomic mass is 16.3. The van der Waals surface area contributed by atoms with Crippen molar-refractivity contribution < 1.29 is 9.90 Å². The number of aliphatic hydroxyl groups excluding tert-OH is 1. The minimum absolute atomic E-state index is 0.234. The Labute approximate surface area is 149 Å². The van der Waals surface area contributed by atoms with Gasteiger partial charge in [0, 0.05) is 39.1 Å². The molecular formula is C20H40N2O2. The lowest BCUT2D eigenvalue weighted by Crippen LogP contribution is -2.48. The van der Waals surface area contributed by atoms with Crippen LogP contribution < -0.4 is 0 Å². The van der Waals surface area contributed by atoms with Gasteiger partial charge in [0.1, 0.15) is 5.78 Å². The zero-order valence-electron chi connectivity index (χ0n) is 16.0. The molecular weight excluding hydrogens is 300 g/mol. The number of piperazine rings is 1. The first kappa shape index (κ1) is 21.6. The molecule has 0 atom stereocenters. The summed E-state index contributed by atoms with van der Waals surface area (Å²) in [5, 5.41) is 8.94. The lowest BCUT2D eigenvalue weighted by molar-refractivity contribution is -0.120. The Balaban J connectivity index is 1.88. The number of carbonyl (C=O) groups is 1. The van der Waals surface area contributed by atoms with Gasteiger partial charge in [0.15, 0.2) is 0 Å². The predicted molar refractivity (Wildman–Crippen MR) is 101 cm³/mol. The molecule has 4 nitrogen and oxygen atoms in total. The molecule has 1 aliphatic rings. The number of nitrogens with zero attached hydrogens (tertiary/aromatic N) is 2. The van der Waals surface area contributed by atoms with Crippen LogP contribution in [0.4, 0.5) is 0 Å². The number of β-amino-alcohol motifs (C(OH)–C–C–N with tert-alkyl or cyclic N) is 1. The second-order valence-corrected chi connectivity index (χ2v) is 7.31. The third-order valence-electron chi connectivity index (χ3n) is 5.09. The van der Waals surface area contributed by atoms with Crippen molar-refractivity contribution in [2.24, 2.45) is 0 Å². The zero-order valence-corrected chi connectivity index (χ0v) is 16.0. The topological polar surface area (TPSA) is 43.8 Å². The number of unbranched alkanes of at least 4 members (excludes halogenated alkanes) is 9. The number of hydrogen-bond acceptors (Lipinski definition) is 4. The van der Waals surface area contributed by atoms with Crippen molar-refractivity contribution in [3.05, 3.63) is 0 Å². The fourth-order valence-electron chi connectivity index (χ4n) is 3.45. The fourth-order valence-corrected chi connectivity index (χ4v) is 3.45. The molecule has 0 aliphatic carbocycles. The van der Waals surface area contributed by atoms with E-state index >= 15 is 0 Å². The van der Waals surface area contributed by atoms with Gasteiger partial charge in [-0.15, -0.1) is 0 Å². The molecule has 4 heteroatoms. The molecule has 1 fully saturated rings. The van der Waals surface area contributed by atoms with E-state index in [-0.39, 0.29) is 6.61 Å². The summed E-state index contributed by atoms with van der Waals surface area (Å²) >= 11 is 0. The van der Waals surface area contributed by atoms with Gasteiger partial charge in [0.25, 0.3) is 0 Å². The third-order valence-corrected chi connectivity index (χ3v) is 5.09. The normalized spacial score (nSPS) is 16.6. The third kappa shape index (κ3) is 11.2. The first-order valence-electron chi connectivity index (χ1n) is 10.3. The Bertz CT molecular complexity index is 302. The van der Waals surface area contributed by atoms with E-state index in [9.17, 15) is 4.79 Å². The van der Waals surface area contributed by atoms with Gasteiger partial charge in [-0.3, -0.25) is 14.6 Å². The highest BCUT2D eigenvalue weighted by Gasteiger charge is 2.18.